The molecular weight excluding hydrogens is 843 g/mol. The molecule has 1 heteroatoms. The summed E-state index contributed by atoms with van der Waals surface area (Å²) in [5, 5.41) is 2.43. The Bertz CT molecular complexity index is 3610. The Morgan fingerprint density at radius 2 is 0.814 bits per heavy atom. The molecule has 0 aromatic heterocycles. The Labute approximate surface area is 411 Å². The third kappa shape index (κ3) is 6.84. The highest BCUT2D eigenvalue weighted by molar-refractivity contribution is 6.16. The molecule has 1 saturated carbocycles. The largest absolute Gasteiger partial charge is 0.309 e. The second-order valence-corrected chi connectivity index (χ2v) is 19.0. The molecule has 332 valence electrons. The molecule has 11 aromatic carbocycles. The molecule has 0 amide bonds. The summed E-state index contributed by atoms with van der Waals surface area (Å²) in [5.74, 6) is 0.657. The van der Waals surface area contributed by atoms with E-state index >= 15 is 0 Å². The van der Waals surface area contributed by atoms with Crippen LogP contribution in [0.25, 0.3) is 66.4 Å². The zero-order valence-electron chi connectivity index (χ0n) is 39.0. The summed E-state index contributed by atoms with van der Waals surface area (Å²) < 4.78 is 0. The highest BCUT2D eigenvalue weighted by Gasteiger charge is 2.49. The summed E-state index contributed by atoms with van der Waals surface area (Å²) >= 11 is 0. The zero-order chi connectivity index (χ0) is 46.4. The predicted molar refractivity (Wildman–Crippen MR) is 294 cm³/mol. The minimum absolute atomic E-state index is 0.590. The lowest BCUT2D eigenvalue weighted by atomic mass is 9.66. The molecule has 0 spiro atoms. The quantitative estimate of drug-likeness (QED) is 0.132. The fourth-order valence-electron chi connectivity index (χ4n) is 11.8. The lowest BCUT2D eigenvalue weighted by molar-refractivity contribution is 0.420. The van der Waals surface area contributed by atoms with E-state index in [1.165, 1.54) is 113 Å². The topological polar surface area (TPSA) is 3.24 Å². The van der Waals surface area contributed by atoms with Crippen LogP contribution >= 0.6 is 0 Å². The van der Waals surface area contributed by atoms with E-state index < -0.39 is 5.41 Å². The van der Waals surface area contributed by atoms with Gasteiger partial charge in [0.2, 0.25) is 0 Å². The number of fused-ring (bicyclic) bond motifs is 5. The molecule has 13 rings (SSSR count). The smallest absolute Gasteiger partial charge is 0.0719 e. The van der Waals surface area contributed by atoms with Crippen molar-refractivity contribution in [2.45, 2.75) is 30.6 Å². The van der Waals surface area contributed by atoms with Crippen LogP contribution in [0.2, 0.25) is 0 Å². The normalized spacial score (nSPS) is 13.6. The predicted octanol–water partition coefficient (Wildman–Crippen LogP) is 18.6. The summed E-state index contributed by atoms with van der Waals surface area (Å²) in [4.78, 5) is 2.53. The van der Waals surface area contributed by atoms with Crippen molar-refractivity contribution in [1.82, 2.24) is 0 Å². The molecule has 0 saturated heterocycles. The monoisotopic (exact) mass is 893 g/mol. The van der Waals surface area contributed by atoms with E-state index in [2.05, 4.69) is 272 Å². The molecule has 2 aliphatic carbocycles. The highest BCUT2D eigenvalue weighted by Crippen LogP contribution is 2.63. The van der Waals surface area contributed by atoms with Gasteiger partial charge in [-0.25, -0.2) is 0 Å². The highest BCUT2D eigenvalue weighted by atomic mass is 15.1. The minimum atomic E-state index is -0.590. The Hall–Kier alpha value is -8.52. The van der Waals surface area contributed by atoms with Crippen molar-refractivity contribution in [3.8, 4) is 55.6 Å². The van der Waals surface area contributed by atoms with Gasteiger partial charge < -0.3 is 4.90 Å². The Balaban J connectivity index is 1.08. The van der Waals surface area contributed by atoms with E-state index in [9.17, 15) is 0 Å². The molecule has 11 aromatic rings. The van der Waals surface area contributed by atoms with Crippen LogP contribution in [0.1, 0.15) is 53.0 Å². The maximum Gasteiger partial charge on any atom is 0.0719 e. The second-order valence-electron chi connectivity index (χ2n) is 19.0. The number of nitrogens with zero attached hydrogens (tertiary/aromatic N) is 1. The summed E-state index contributed by atoms with van der Waals surface area (Å²) in [5.41, 5.74) is 21.7. The summed E-state index contributed by atoms with van der Waals surface area (Å²) in [6.45, 7) is 0. The first-order valence-electron chi connectivity index (χ1n) is 24.9. The van der Waals surface area contributed by atoms with Gasteiger partial charge in [-0.1, -0.05) is 243 Å². The van der Waals surface area contributed by atoms with E-state index in [-0.39, 0.29) is 0 Å². The first kappa shape index (κ1) is 41.7. The van der Waals surface area contributed by atoms with Gasteiger partial charge in [-0.15, -0.1) is 0 Å². The average molecular weight is 894 g/mol. The summed E-state index contributed by atoms with van der Waals surface area (Å²) in [7, 11) is 0. The van der Waals surface area contributed by atoms with Gasteiger partial charge in [0, 0.05) is 22.3 Å². The molecule has 0 unspecified atom stereocenters. The van der Waals surface area contributed by atoms with Gasteiger partial charge in [-0.05, 0) is 132 Å². The van der Waals surface area contributed by atoms with Crippen LogP contribution in [0, 0.1) is 0 Å². The number of anilines is 3. The van der Waals surface area contributed by atoms with Gasteiger partial charge in [0.15, 0.2) is 0 Å². The van der Waals surface area contributed by atoms with E-state index in [1.54, 1.807) is 0 Å². The third-order valence-electron chi connectivity index (χ3n) is 15.2. The molecule has 70 heavy (non-hydrogen) atoms. The van der Waals surface area contributed by atoms with Crippen LogP contribution in [0.5, 0.6) is 0 Å². The van der Waals surface area contributed by atoms with E-state index in [0.717, 1.165) is 17.1 Å². The Morgan fingerprint density at radius 1 is 0.343 bits per heavy atom. The van der Waals surface area contributed by atoms with E-state index in [0.29, 0.717) is 5.92 Å². The van der Waals surface area contributed by atoms with Crippen LogP contribution in [0.3, 0.4) is 0 Å². The third-order valence-corrected chi connectivity index (χ3v) is 15.2. The molecule has 2 aliphatic rings. The van der Waals surface area contributed by atoms with Crippen molar-refractivity contribution in [2.75, 3.05) is 4.90 Å². The number of rotatable bonds is 10. The fourth-order valence-corrected chi connectivity index (χ4v) is 11.8. The molecule has 1 nitrogen and oxygen atoms in total. The molecule has 0 radical (unpaired) electrons. The van der Waals surface area contributed by atoms with Gasteiger partial charge in [0.05, 0.1) is 11.1 Å². The summed E-state index contributed by atoms with van der Waals surface area (Å²) in [6, 6.07) is 99.2. The Morgan fingerprint density at radius 3 is 1.43 bits per heavy atom. The van der Waals surface area contributed by atoms with Crippen molar-refractivity contribution >= 4 is 27.8 Å². The van der Waals surface area contributed by atoms with Crippen molar-refractivity contribution in [3.63, 3.8) is 0 Å². The molecule has 1 fully saturated rings. The van der Waals surface area contributed by atoms with Crippen molar-refractivity contribution in [2.24, 2.45) is 0 Å². The van der Waals surface area contributed by atoms with Crippen LogP contribution in [0.4, 0.5) is 17.1 Å². The Kier molecular flexibility index (Phi) is 10.4. The van der Waals surface area contributed by atoms with Gasteiger partial charge in [-0.3, -0.25) is 0 Å². The van der Waals surface area contributed by atoms with Crippen molar-refractivity contribution in [3.05, 3.63) is 295 Å². The standard InChI is InChI=1S/C69H51N/c1-5-21-48(22-6-1)49-39-43-57(44-40-49)70(58-45-41-50(42-46-58)53-27-20-28-54(47-53)60-34-14-13-33-59(60)51-25-19-26-51)68-62-36-16-15-35-61(62)67-66(65(68)52-23-7-2-8-24-52)63-37-17-18-38-64(63)69(67,55-29-9-3-10-30-55)56-31-11-4-12-32-56/h1-18,20-24,27-47,51H,19,25-26H2. The van der Waals surface area contributed by atoms with Crippen LogP contribution in [-0.4, -0.2) is 0 Å². The lowest BCUT2D eigenvalue weighted by Crippen LogP contribution is -2.29. The zero-order valence-corrected chi connectivity index (χ0v) is 39.0. The first-order valence-corrected chi connectivity index (χ1v) is 24.9. The maximum absolute atomic E-state index is 2.53. The van der Waals surface area contributed by atoms with Crippen LogP contribution < -0.4 is 4.90 Å². The maximum atomic E-state index is 2.53. The number of benzene rings is 11. The van der Waals surface area contributed by atoms with Gasteiger partial charge in [0.25, 0.3) is 0 Å². The molecule has 0 atom stereocenters. The lowest BCUT2D eigenvalue weighted by Gasteiger charge is -2.36. The first-order chi connectivity index (χ1) is 34.8. The molecule has 0 heterocycles. The minimum Gasteiger partial charge on any atom is -0.309 e. The molecule has 0 bridgehead atoms. The fraction of sp³-hybridized carbons (Fsp3) is 0.0725. The molecule has 0 aliphatic heterocycles. The van der Waals surface area contributed by atoms with Crippen LogP contribution in [-0.2, 0) is 5.41 Å². The van der Waals surface area contributed by atoms with E-state index in [4.69, 9.17) is 0 Å². The second kappa shape index (κ2) is 17.5. The summed E-state index contributed by atoms with van der Waals surface area (Å²) in [6.07, 6.45) is 3.88. The number of hydrogen-bond donors (Lipinski definition) is 0. The van der Waals surface area contributed by atoms with Gasteiger partial charge in [-0.2, -0.15) is 0 Å². The molecule has 0 N–H and O–H groups in total. The van der Waals surface area contributed by atoms with Crippen LogP contribution in [0.15, 0.2) is 267 Å². The average Bonchev–Trinajstić information content (AvgIpc) is 3.74. The van der Waals surface area contributed by atoms with E-state index in [1.807, 2.05) is 0 Å². The molecular formula is C69H51N. The van der Waals surface area contributed by atoms with Crippen molar-refractivity contribution < 1.29 is 0 Å². The number of hydrogen-bond acceptors (Lipinski definition) is 1. The van der Waals surface area contributed by atoms with Gasteiger partial charge in [0.1, 0.15) is 0 Å². The van der Waals surface area contributed by atoms with Gasteiger partial charge >= 0.3 is 0 Å². The SMILES string of the molecule is c1ccc(-c2ccc(N(c3ccc(-c4cccc(-c5ccccc5C5CCC5)c4)cc3)c3c(-c4ccccc4)c4c(c5ccccc35)C(c3ccccc3)(c3ccccc3)c3ccccc3-4)cc2)cc1. The van der Waals surface area contributed by atoms with Crippen molar-refractivity contribution in [1.29, 1.82) is 0 Å².